The van der Waals surface area contributed by atoms with Gasteiger partial charge in [-0.1, -0.05) is 32.9 Å². The molecule has 0 aliphatic rings. The molecule has 0 amide bonds. The number of benzene rings is 1. The quantitative estimate of drug-likeness (QED) is 0.774. The minimum atomic E-state index is 0.127. The summed E-state index contributed by atoms with van der Waals surface area (Å²) in [6.07, 6.45) is 3.22. The fourth-order valence-electron chi connectivity index (χ4n) is 1.84. The molecule has 0 atom stereocenters. The molecular weight excluding hydrogens is 272 g/mol. The lowest BCUT2D eigenvalue weighted by Crippen LogP contribution is -2.11. The standard InChI is InChI=1S/C16H19ClN2O/c1-11-7-12(16(2,3)4)5-6-14(11)20-15-10-18-9-13(8-17)19-15/h5-7,9-10H,8H2,1-4H3. The Morgan fingerprint density at radius 1 is 1.20 bits per heavy atom. The molecule has 20 heavy (non-hydrogen) atoms. The summed E-state index contributed by atoms with van der Waals surface area (Å²) in [5.74, 6) is 1.58. The van der Waals surface area contributed by atoms with Gasteiger partial charge in [-0.15, -0.1) is 11.6 Å². The molecule has 0 spiro atoms. The van der Waals surface area contributed by atoms with Gasteiger partial charge in [-0.3, -0.25) is 4.98 Å². The van der Waals surface area contributed by atoms with Crippen LogP contribution in [0.1, 0.15) is 37.6 Å². The van der Waals surface area contributed by atoms with Gasteiger partial charge in [0.2, 0.25) is 5.88 Å². The maximum Gasteiger partial charge on any atom is 0.238 e. The summed E-state index contributed by atoms with van der Waals surface area (Å²) in [7, 11) is 0. The normalized spacial score (nSPS) is 11.4. The van der Waals surface area contributed by atoms with Gasteiger partial charge in [0, 0.05) is 6.20 Å². The molecule has 0 aliphatic heterocycles. The van der Waals surface area contributed by atoms with E-state index in [1.54, 1.807) is 12.4 Å². The van der Waals surface area contributed by atoms with Gasteiger partial charge in [0.25, 0.3) is 0 Å². The van der Waals surface area contributed by atoms with Crippen LogP contribution in [-0.2, 0) is 11.3 Å². The van der Waals surface area contributed by atoms with Crippen LogP contribution >= 0.6 is 11.6 Å². The van der Waals surface area contributed by atoms with Gasteiger partial charge >= 0.3 is 0 Å². The molecule has 0 bridgehead atoms. The van der Waals surface area contributed by atoms with E-state index in [-0.39, 0.29) is 5.41 Å². The van der Waals surface area contributed by atoms with Crippen LogP contribution in [0.3, 0.4) is 0 Å². The van der Waals surface area contributed by atoms with Gasteiger partial charge in [0.1, 0.15) is 5.75 Å². The summed E-state index contributed by atoms with van der Waals surface area (Å²) in [4.78, 5) is 8.35. The van der Waals surface area contributed by atoms with Crippen LogP contribution in [-0.4, -0.2) is 9.97 Å². The molecule has 0 saturated heterocycles. The lowest BCUT2D eigenvalue weighted by Gasteiger charge is -2.20. The molecule has 2 aromatic rings. The van der Waals surface area contributed by atoms with Gasteiger partial charge < -0.3 is 4.74 Å². The zero-order valence-electron chi connectivity index (χ0n) is 12.3. The van der Waals surface area contributed by atoms with Gasteiger partial charge in [-0.25, -0.2) is 4.98 Å². The molecule has 0 unspecified atom stereocenters. The Hall–Kier alpha value is -1.61. The van der Waals surface area contributed by atoms with Crippen molar-refractivity contribution in [3.05, 3.63) is 47.4 Å². The second-order valence-electron chi connectivity index (χ2n) is 5.81. The second kappa shape index (κ2) is 5.80. The van der Waals surface area contributed by atoms with Gasteiger partial charge in [0.15, 0.2) is 0 Å². The highest BCUT2D eigenvalue weighted by Gasteiger charge is 2.15. The average molecular weight is 291 g/mol. The van der Waals surface area contributed by atoms with Crippen molar-refractivity contribution < 1.29 is 4.74 Å². The number of alkyl halides is 1. The molecule has 106 valence electrons. The van der Waals surface area contributed by atoms with E-state index in [9.17, 15) is 0 Å². The number of hydrogen-bond acceptors (Lipinski definition) is 3. The SMILES string of the molecule is Cc1cc(C(C)(C)C)ccc1Oc1cncc(CCl)n1. The van der Waals surface area contributed by atoms with E-state index in [0.717, 1.165) is 11.3 Å². The predicted octanol–water partition coefficient (Wildman–Crippen LogP) is 4.61. The Labute approximate surface area is 125 Å². The third-order valence-electron chi connectivity index (χ3n) is 3.05. The van der Waals surface area contributed by atoms with E-state index in [0.29, 0.717) is 17.5 Å². The zero-order valence-corrected chi connectivity index (χ0v) is 13.0. The first-order valence-corrected chi connectivity index (χ1v) is 7.09. The van der Waals surface area contributed by atoms with E-state index in [2.05, 4.69) is 42.9 Å². The maximum atomic E-state index is 5.79. The Morgan fingerprint density at radius 3 is 2.55 bits per heavy atom. The monoisotopic (exact) mass is 290 g/mol. The van der Waals surface area contributed by atoms with E-state index in [1.807, 2.05) is 13.0 Å². The van der Waals surface area contributed by atoms with Crippen LogP contribution in [0, 0.1) is 6.92 Å². The highest BCUT2D eigenvalue weighted by Crippen LogP contribution is 2.29. The van der Waals surface area contributed by atoms with E-state index >= 15 is 0 Å². The van der Waals surface area contributed by atoms with Crippen molar-refractivity contribution in [2.45, 2.75) is 39.0 Å². The van der Waals surface area contributed by atoms with Crippen LogP contribution in [0.5, 0.6) is 11.6 Å². The fraction of sp³-hybridized carbons (Fsp3) is 0.375. The molecule has 0 fully saturated rings. The summed E-state index contributed by atoms with van der Waals surface area (Å²) < 4.78 is 5.79. The van der Waals surface area contributed by atoms with Gasteiger partial charge in [-0.2, -0.15) is 0 Å². The number of rotatable bonds is 3. The van der Waals surface area contributed by atoms with Crippen LogP contribution in [0.2, 0.25) is 0 Å². The average Bonchev–Trinajstić information content (AvgIpc) is 2.40. The Morgan fingerprint density at radius 2 is 1.95 bits per heavy atom. The summed E-state index contributed by atoms with van der Waals surface area (Å²) in [6.45, 7) is 8.61. The van der Waals surface area contributed by atoms with E-state index in [4.69, 9.17) is 16.3 Å². The fourth-order valence-corrected chi connectivity index (χ4v) is 1.97. The predicted molar refractivity (Wildman–Crippen MR) is 81.5 cm³/mol. The molecule has 0 saturated carbocycles. The Kier molecular flexibility index (Phi) is 4.29. The molecule has 3 nitrogen and oxygen atoms in total. The summed E-state index contributed by atoms with van der Waals surface area (Å²) in [5, 5.41) is 0. The molecule has 0 radical (unpaired) electrons. The maximum absolute atomic E-state index is 5.79. The molecular formula is C16H19ClN2O. The van der Waals surface area contributed by atoms with Crippen molar-refractivity contribution >= 4 is 11.6 Å². The van der Waals surface area contributed by atoms with E-state index in [1.165, 1.54) is 5.56 Å². The van der Waals surface area contributed by atoms with Crippen LogP contribution < -0.4 is 4.74 Å². The summed E-state index contributed by atoms with van der Waals surface area (Å²) >= 11 is 5.75. The van der Waals surface area contributed by atoms with Crippen molar-refractivity contribution in [3.8, 4) is 11.6 Å². The highest BCUT2D eigenvalue weighted by molar-refractivity contribution is 6.16. The smallest absolute Gasteiger partial charge is 0.238 e. The number of hydrogen-bond donors (Lipinski definition) is 0. The number of aromatic nitrogens is 2. The minimum absolute atomic E-state index is 0.127. The lowest BCUT2D eigenvalue weighted by molar-refractivity contribution is 0.454. The lowest BCUT2D eigenvalue weighted by atomic mass is 9.86. The Balaban J connectivity index is 2.25. The van der Waals surface area contributed by atoms with Crippen LogP contribution in [0.15, 0.2) is 30.6 Å². The summed E-state index contributed by atoms with van der Waals surface area (Å²) in [5.41, 5.74) is 3.19. The molecule has 2 rings (SSSR count). The third-order valence-corrected chi connectivity index (χ3v) is 3.33. The molecule has 0 aliphatic carbocycles. The van der Waals surface area contributed by atoms with Gasteiger partial charge in [-0.05, 0) is 29.5 Å². The first-order chi connectivity index (χ1) is 9.40. The van der Waals surface area contributed by atoms with Gasteiger partial charge in [0.05, 0.1) is 17.8 Å². The summed E-state index contributed by atoms with van der Waals surface area (Å²) in [6, 6.07) is 6.21. The number of ether oxygens (including phenoxy) is 1. The van der Waals surface area contributed by atoms with Crippen LogP contribution in [0.4, 0.5) is 0 Å². The first-order valence-electron chi connectivity index (χ1n) is 6.56. The highest BCUT2D eigenvalue weighted by atomic mass is 35.5. The van der Waals surface area contributed by atoms with E-state index < -0.39 is 0 Å². The molecule has 1 aromatic heterocycles. The van der Waals surface area contributed by atoms with Crippen molar-refractivity contribution in [2.75, 3.05) is 0 Å². The first kappa shape index (κ1) is 14.8. The van der Waals surface area contributed by atoms with Crippen LogP contribution in [0.25, 0.3) is 0 Å². The van der Waals surface area contributed by atoms with Crippen molar-refractivity contribution in [1.29, 1.82) is 0 Å². The van der Waals surface area contributed by atoms with Crippen molar-refractivity contribution in [1.82, 2.24) is 9.97 Å². The molecule has 1 heterocycles. The number of nitrogens with zero attached hydrogens (tertiary/aromatic N) is 2. The molecule has 4 heteroatoms. The Bertz CT molecular complexity index is 606. The van der Waals surface area contributed by atoms with Crippen molar-refractivity contribution in [3.63, 3.8) is 0 Å². The number of aryl methyl sites for hydroxylation is 1. The number of halogens is 1. The second-order valence-corrected chi connectivity index (χ2v) is 6.08. The molecule has 0 N–H and O–H groups in total. The third kappa shape index (κ3) is 3.48. The zero-order chi connectivity index (χ0) is 14.8. The molecule has 1 aromatic carbocycles. The largest absolute Gasteiger partial charge is 0.437 e. The topological polar surface area (TPSA) is 35.0 Å². The van der Waals surface area contributed by atoms with Crippen molar-refractivity contribution in [2.24, 2.45) is 0 Å². The minimum Gasteiger partial charge on any atom is -0.437 e.